The Hall–Kier alpha value is -0.670. The van der Waals surface area contributed by atoms with E-state index in [9.17, 15) is 0 Å². The third-order valence-electron chi connectivity index (χ3n) is 2.84. The van der Waals surface area contributed by atoms with Gasteiger partial charge in [0.1, 0.15) is 6.33 Å². The Morgan fingerprint density at radius 1 is 1.47 bits per heavy atom. The molecular formula is C11H11ClN2S. The second-order valence-electron chi connectivity index (χ2n) is 4.01. The molecule has 2 nitrogen and oxygen atoms in total. The van der Waals surface area contributed by atoms with E-state index in [1.165, 1.54) is 17.5 Å². The van der Waals surface area contributed by atoms with E-state index < -0.39 is 0 Å². The highest BCUT2D eigenvalue weighted by Crippen LogP contribution is 2.37. The summed E-state index contributed by atoms with van der Waals surface area (Å²) < 4.78 is 1.20. The van der Waals surface area contributed by atoms with Crippen molar-refractivity contribution in [3.8, 4) is 0 Å². The maximum absolute atomic E-state index is 6.32. The third-order valence-corrected chi connectivity index (χ3v) is 4.30. The summed E-state index contributed by atoms with van der Waals surface area (Å²) in [6, 6.07) is 2.03. The number of halogens is 1. The molecule has 1 aliphatic rings. The van der Waals surface area contributed by atoms with Crippen molar-refractivity contribution < 1.29 is 0 Å². The third kappa shape index (κ3) is 1.86. The van der Waals surface area contributed by atoms with Gasteiger partial charge in [0.2, 0.25) is 0 Å². The van der Waals surface area contributed by atoms with Crippen LogP contribution in [-0.2, 0) is 6.42 Å². The summed E-state index contributed by atoms with van der Waals surface area (Å²) in [5.41, 5.74) is 2.16. The fraction of sp³-hybridized carbons (Fsp3) is 0.455. The average molecular weight is 239 g/mol. The van der Waals surface area contributed by atoms with Crippen LogP contribution in [0, 0.1) is 5.92 Å². The van der Waals surface area contributed by atoms with Crippen LogP contribution in [0.3, 0.4) is 0 Å². The van der Waals surface area contributed by atoms with E-state index in [0.717, 1.165) is 23.5 Å². The molecule has 1 saturated carbocycles. The highest BCUT2D eigenvalue weighted by molar-refractivity contribution is 7.17. The van der Waals surface area contributed by atoms with Crippen molar-refractivity contribution in [2.45, 2.75) is 24.6 Å². The Bertz CT molecular complexity index is 478. The average Bonchev–Trinajstić information content (AvgIpc) is 2.97. The summed E-state index contributed by atoms with van der Waals surface area (Å²) >= 11 is 8.03. The fourth-order valence-corrected chi connectivity index (χ4v) is 3.04. The normalized spacial score (nSPS) is 18.2. The smallest absolute Gasteiger partial charge is 0.116 e. The molecule has 0 aliphatic heterocycles. The first-order valence-electron chi connectivity index (χ1n) is 5.16. The summed E-state index contributed by atoms with van der Waals surface area (Å²) in [6.07, 6.45) is 5.09. The molecule has 0 spiro atoms. The van der Waals surface area contributed by atoms with E-state index in [-0.39, 0.29) is 5.38 Å². The van der Waals surface area contributed by atoms with Gasteiger partial charge in [-0.2, -0.15) is 0 Å². The van der Waals surface area contributed by atoms with Crippen molar-refractivity contribution in [2.75, 3.05) is 0 Å². The monoisotopic (exact) mass is 238 g/mol. The van der Waals surface area contributed by atoms with E-state index in [4.69, 9.17) is 11.6 Å². The Balaban J connectivity index is 1.92. The van der Waals surface area contributed by atoms with Gasteiger partial charge in [0.25, 0.3) is 0 Å². The predicted molar refractivity (Wildman–Crippen MR) is 63.5 cm³/mol. The van der Waals surface area contributed by atoms with E-state index in [1.54, 1.807) is 17.7 Å². The van der Waals surface area contributed by atoms with Crippen LogP contribution in [0.15, 0.2) is 17.8 Å². The molecular weight excluding hydrogens is 228 g/mol. The zero-order valence-corrected chi connectivity index (χ0v) is 9.76. The van der Waals surface area contributed by atoms with Gasteiger partial charge in [0.15, 0.2) is 0 Å². The summed E-state index contributed by atoms with van der Waals surface area (Å²) in [5.74, 6) is 0.719. The van der Waals surface area contributed by atoms with Crippen molar-refractivity contribution in [3.63, 3.8) is 0 Å². The molecule has 1 aliphatic carbocycles. The van der Waals surface area contributed by atoms with Gasteiger partial charge >= 0.3 is 0 Å². The standard InChI is InChI=1S/C11H11ClN2S/c12-8(7-1-2-7)5-10-11-9(3-4-15-11)13-6-14-10/h3-4,6-8H,1-2,5H2. The van der Waals surface area contributed by atoms with Gasteiger partial charge < -0.3 is 0 Å². The van der Waals surface area contributed by atoms with Gasteiger partial charge in [-0.25, -0.2) is 9.97 Å². The minimum absolute atomic E-state index is 0.255. The van der Waals surface area contributed by atoms with Gasteiger partial charge in [0.05, 0.1) is 15.9 Å². The van der Waals surface area contributed by atoms with Crippen LogP contribution >= 0.6 is 22.9 Å². The van der Waals surface area contributed by atoms with Crippen LogP contribution < -0.4 is 0 Å². The zero-order valence-electron chi connectivity index (χ0n) is 8.19. The van der Waals surface area contributed by atoms with Crippen LogP contribution in [0.2, 0.25) is 0 Å². The molecule has 0 amide bonds. The van der Waals surface area contributed by atoms with Gasteiger partial charge in [-0.3, -0.25) is 0 Å². The molecule has 0 saturated heterocycles. The Labute approximate surface area is 97.3 Å². The first kappa shape index (κ1) is 9.55. The lowest BCUT2D eigenvalue weighted by Crippen LogP contribution is -2.07. The Morgan fingerprint density at radius 2 is 2.33 bits per heavy atom. The van der Waals surface area contributed by atoms with E-state index in [2.05, 4.69) is 15.3 Å². The molecule has 4 heteroatoms. The number of hydrogen-bond acceptors (Lipinski definition) is 3. The van der Waals surface area contributed by atoms with Crippen molar-refractivity contribution in [1.82, 2.24) is 9.97 Å². The van der Waals surface area contributed by atoms with Crippen molar-refractivity contribution in [2.24, 2.45) is 5.92 Å². The molecule has 0 N–H and O–H groups in total. The summed E-state index contributed by atoms with van der Waals surface area (Å²) in [7, 11) is 0. The molecule has 1 atom stereocenters. The number of alkyl halides is 1. The van der Waals surface area contributed by atoms with Crippen LogP contribution in [0.4, 0.5) is 0 Å². The van der Waals surface area contributed by atoms with Crippen LogP contribution in [0.25, 0.3) is 10.2 Å². The quantitative estimate of drug-likeness (QED) is 0.768. The molecule has 2 aromatic rings. The van der Waals surface area contributed by atoms with Gasteiger partial charge in [-0.05, 0) is 30.2 Å². The summed E-state index contributed by atoms with van der Waals surface area (Å²) in [6.45, 7) is 0. The minimum atomic E-state index is 0.255. The maximum Gasteiger partial charge on any atom is 0.116 e. The summed E-state index contributed by atoms with van der Waals surface area (Å²) in [5, 5.41) is 2.31. The highest BCUT2D eigenvalue weighted by atomic mass is 35.5. The second kappa shape index (κ2) is 3.72. The lowest BCUT2D eigenvalue weighted by atomic mass is 10.1. The topological polar surface area (TPSA) is 25.8 Å². The minimum Gasteiger partial charge on any atom is -0.240 e. The molecule has 2 aromatic heterocycles. The van der Waals surface area contributed by atoms with E-state index in [0.29, 0.717) is 0 Å². The molecule has 78 valence electrons. The molecule has 1 unspecified atom stereocenters. The van der Waals surface area contributed by atoms with Crippen molar-refractivity contribution in [1.29, 1.82) is 0 Å². The number of fused-ring (bicyclic) bond motifs is 1. The molecule has 15 heavy (non-hydrogen) atoms. The van der Waals surface area contributed by atoms with Gasteiger partial charge in [-0.1, -0.05) is 0 Å². The molecule has 0 bridgehead atoms. The number of rotatable bonds is 3. The lowest BCUT2D eigenvalue weighted by molar-refractivity contribution is 0.728. The lowest BCUT2D eigenvalue weighted by Gasteiger charge is -2.07. The molecule has 2 heterocycles. The van der Waals surface area contributed by atoms with Crippen LogP contribution in [0.1, 0.15) is 18.5 Å². The Kier molecular flexibility index (Phi) is 2.37. The van der Waals surface area contributed by atoms with Crippen LogP contribution in [-0.4, -0.2) is 15.3 Å². The van der Waals surface area contributed by atoms with Crippen molar-refractivity contribution >= 4 is 33.2 Å². The van der Waals surface area contributed by atoms with Crippen LogP contribution in [0.5, 0.6) is 0 Å². The highest BCUT2D eigenvalue weighted by Gasteiger charge is 2.30. The molecule has 0 aromatic carbocycles. The van der Waals surface area contributed by atoms with Crippen molar-refractivity contribution in [3.05, 3.63) is 23.5 Å². The molecule has 3 rings (SSSR count). The summed E-state index contributed by atoms with van der Waals surface area (Å²) in [4.78, 5) is 8.57. The van der Waals surface area contributed by atoms with E-state index >= 15 is 0 Å². The van der Waals surface area contributed by atoms with Gasteiger partial charge in [0, 0.05) is 11.8 Å². The largest absolute Gasteiger partial charge is 0.240 e. The molecule has 0 radical (unpaired) electrons. The van der Waals surface area contributed by atoms with Gasteiger partial charge in [-0.15, -0.1) is 22.9 Å². The first-order chi connectivity index (χ1) is 7.34. The first-order valence-corrected chi connectivity index (χ1v) is 6.47. The Morgan fingerprint density at radius 3 is 3.13 bits per heavy atom. The molecule has 1 fully saturated rings. The number of thiophene rings is 1. The fourth-order valence-electron chi connectivity index (χ4n) is 1.79. The predicted octanol–water partition coefficient (Wildman–Crippen LogP) is 3.25. The number of aromatic nitrogens is 2. The number of hydrogen-bond donors (Lipinski definition) is 0. The number of nitrogens with zero attached hydrogens (tertiary/aromatic N) is 2. The SMILES string of the molecule is ClC(Cc1ncnc2ccsc12)C1CC1. The van der Waals surface area contributed by atoms with E-state index in [1.807, 2.05) is 6.07 Å². The maximum atomic E-state index is 6.32. The second-order valence-corrected chi connectivity index (χ2v) is 5.49. The zero-order chi connectivity index (χ0) is 10.3.